The van der Waals surface area contributed by atoms with Gasteiger partial charge in [-0.3, -0.25) is 39.6 Å². The Morgan fingerprint density at radius 1 is 0.560 bits per heavy atom. The largest absolute Gasteiger partial charge is 2.00 e. The van der Waals surface area contributed by atoms with Gasteiger partial charge in [0.25, 0.3) is 0 Å². The Hall–Kier alpha value is -8.90. The number of nitrogens with zero attached hydrogens (tertiary/aromatic N) is 11. The number of nitrogen functional groups attached to an aromatic ring is 1. The summed E-state index contributed by atoms with van der Waals surface area (Å²) in [5.41, 5.74) is 46.0. The summed E-state index contributed by atoms with van der Waals surface area (Å²) in [5, 5.41) is 87.1. The third kappa shape index (κ3) is 42.7. The van der Waals surface area contributed by atoms with Crippen molar-refractivity contribution in [2.24, 2.45) is 28.8 Å². The number of hydrazine groups is 1. The van der Waals surface area contributed by atoms with E-state index in [0.717, 1.165) is 140 Å². The van der Waals surface area contributed by atoms with E-state index in [2.05, 4.69) is 261 Å². The first-order valence-corrected chi connectivity index (χ1v) is 52.4. The number of carboxylic acids is 1. The maximum atomic E-state index is 12.8. The van der Waals surface area contributed by atoms with E-state index in [1.807, 2.05) is 138 Å². The average Bonchev–Trinajstić information content (AvgIpc) is 1.64. The van der Waals surface area contributed by atoms with Crippen molar-refractivity contribution >= 4 is 285 Å². The maximum Gasteiger partial charge on any atom is 2.00 e. The summed E-state index contributed by atoms with van der Waals surface area (Å²) >= 11 is 38.7. The fourth-order valence-corrected chi connectivity index (χ4v) is 15.6. The van der Waals surface area contributed by atoms with Crippen molar-refractivity contribution in [3.63, 3.8) is 0 Å². The Balaban J connectivity index is 0.000000409. The molecule has 0 amide bonds. The Kier molecular flexibility index (Phi) is 56.5. The van der Waals surface area contributed by atoms with Crippen LogP contribution in [0.2, 0.25) is 0 Å². The van der Waals surface area contributed by atoms with Crippen LogP contribution in [0.3, 0.4) is 0 Å². The Morgan fingerprint density at radius 3 is 1.30 bits per heavy atom. The number of anilines is 2. The van der Waals surface area contributed by atoms with Crippen LogP contribution in [0.1, 0.15) is 104 Å². The van der Waals surface area contributed by atoms with Crippen LogP contribution in [0.25, 0.3) is 86.2 Å². The van der Waals surface area contributed by atoms with Gasteiger partial charge in [0.05, 0.1) is 51.7 Å². The van der Waals surface area contributed by atoms with E-state index in [4.69, 9.17) is 40.2 Å². The van der Waals surface area contributed by atoms with Gasteiger partial charge in [-0.25, -0.2) is 23.8 Å². The fraction of sp³-hybridized carbons (Fsp3) is 0.174. The number of aliphatic hydroxyl groups is 1. The summed E-state index contributed by atoms with van der Waals surface area (Å²) in [6.45, 7) is 15.8. The number of benzene rings is 10. The van der Waals surface area contributed by atoms with Crippen LogP contribution in [0.4, 0.5) is 23.4 Å². The summed E-state index contributed by atoms with van der Waals surface area (Å²) in [6, 6.07) is 62.6. The molecule has 2 unspecified atom stereocenters. The number of hydrogen-bond acceptors (Lipinski definition) is 26. The van der Waals surface area contributed by atoms with E-state index in [1.54, 1.807) is 42.5 Å². The van der Waals surface area contributed by atoms with Gasteiger partial charge in [0.15, 0.2) is 21.1 Å². The predicted octanol–water partition coefficient (Wildman–Crippen LogP) is 20.8. The number of fused-ring (bicyclic) bond motifs is 5. The number of aromatic amines is 5. The molecule has 0 aliphatic rings. The molecule has 0 fully saturated rings. The zero-order chi connectivity index (χ0) is 101. The molecule has 21 N–H and O–H groups in total. The summed E-state index contributed by atoms with van der Waals surface area (Å²) in [5.74, 6) is 2.15. The molecule has 0 saturated carbocycles. The van der Waals surface area contributed by atoms with Crippen molar-refractivity contribution in [1.29, 1.82) is 1.28 Å². The number of carboxylic acid groups (broad SMARTS) is 1. The molecular weight excluding hydrogens is 2390 g/mol. The number of carbonyl (C=O) groups is 3. The van der Waals surface area contributed by atoms with Crippen molar-refractivity contribution in [3.8, 4) is 31.7 Å². The number of aldehydes is 1. The number of carbonyl (C=O) groups excluding carboxylic acids is 2. The second-order valence-electron chi connectivity index (χ2n) is 28.6. The molecule has 30 nitrogen and oxygen atoms in total. The number of aromatic carboxylic acids is 1. The number of aryl methyl sites for hydroxylation is 5. The van der Waals surface area contributed by atoms with Gasteiger partial charge in [-0.2, -0.15) is 25.5 Å². The van der Waals surface area contributed by atoms with E-state index >= 15 is 0 Å². The number of Topliss-reactive ketones (excluding diaryl/α,β-unsaturated/α-hetero) is 1. The Labute approximate surface area is 916 Å². The smallest absolute Gasteiger partial charge is 1.00 e. The van der Waals surface area contributed by atoms with Crippen LogP contribution in [0.15, 0.2) is 228 Å². The van der Waals surface area contributed by atoms with Crippen molar-refractivity contribution in [2.75, 3.05) is 30.8 Å². The summed E-state index contributed by atoms with van der Waals surface area (Å²) < 4.78 is 58.0. The summed E-state index contributed by atoms with van der Waals surface area (Å²) in [4.78, 5) is 31.5. The van der Waals surface area contributed by atoms with Crippen LogP contribution in [-0.2, 0) is 17.4 Å². The second-order valence-corrected chi connectivity index (χ2v) is 43.6. The van der Waals surface area contributed by atoms with Crippen LogP contribution in [0, 0.1) is 59.5 Å². The minimum Gasteiger partial charge on any atom is -1.00 e. The number of rotatable bonds is 15. The first kappa shape index (κ1) is 124. The molecule has 0 aliphatic heterocycles. The van der Waals surface area contributed by atoms with Crippen molar-refractivity contribution in [2.45, 2.75) is 86.9 Å². The molecule has 744 valence electrons. The molecule has 4 atom stereocenters. The van der Waals surface area contributed by atoms with Gasteiger partial charge in [0.1, 0.15) is 32.5 Å². The molecular formula is C92H100Br6Cl3F3MgN24O6P2S4. The molecule has 8 heterocycles. The van der Waals surface area contributed by atoms with Gasteiger partial charge in [0, 0.05) is 121 Å². The number of aromatic nitrogens is 16. The van der Waals surface area contributed by atoms with Crippen molar-refractivity contribution < 1.29 is 59.3 Å². The topological polar surface area (TPSA) is 510 Å². The molecule has 10 aromatic carbocycles. The number of H-pyrrole nitrogens is 5. The number of nitrogens with one attached hydrogen (secondary N) is 7. The van der Waals surface area contributed by atoms with Crippen molar-refractivity contribution in [1.82, 2.24) is 87.0 Å². The Morgan fingerprint density at radius 2 is 0.922 bits per heavy atom. The first-order chi connectivity index (χ1) is 65.6. The van der Waals surface area contributed by atoms with Gasteiger partial charge < -0.3 is 74.0 Å². The normalized spacial score (nSPS) is 10.9. The quantitative estimate of drug-likeness (QED) is 0.00662. The number of ketones is 1. The molecule has 0 radical (unpaired) electrons. The number of hydrogen-bond donors (Lipinski definition) is 15. The minimum atomic E-state index is -3.22. The average molecular weight is 2500 g/mol. The zero-order valence-corrected chi connectivity index (χ0v) is 94.4. The van der Waals surface area contributed by atoms with Crippen LogP contribution >= 0.6 is 174 Å². The monoisotopic (exact) mass is 2490 g/mol. The third-order valence-corrected chi connectivity index (χ3v) is 23.6. The molecule has 49 heteroatoms. The number of aliphatic hydroxyl groups excluding tert-OH is 1. The van der Waals surface area contributed by atoms with Crippen LogP contribution < -0.4 is 62.2 Å². The molecule has 0 saturated heterocycles. The molecule has 18 aromatic rings. The summed E-state index contributed by atoms with van der Waals surface area (Å²) in [6.07, 6.45) is 1.43. The first-order valence-electron chi connectivity index (χ1n) is 40.7. The van der Waals surface area contributed by atoms with Gasteiger partial charge in [-0.05, 0) is 280 Å². The van der Waals surface area contributed by atoms with E-state index < -0.39 is 28.9 Å². The van der Waals surface area contributed by atoms with E-state index in [1.165, 1.54) is 94.7 Å². The second kappa shape index (κ2) is 64.1. The number of thiocarbonyl (C=S) groups is 1. The van der Waals surface area contributed by atoms with Gasteiger partial charge in [-0.1, -0.05) is 172 Å². The van der Waals surface area contributed by atoms with E-state index in [9.17, 15) is 32.1 Å². The van der Waals surface area contributed by atoms with E-state index in [0.29, 0.717) is 48.2 Å². The third-order valence-electron chi connectivity index (χ3n) is 18.4. The fourth-order valence-electron chi connectivity index (χ4n) is 11.7. The molecule has 0 bridgehead atoms. The number of nitrogens with two attached hydrogens (primary N) is 6. The SMILES string of the molecule is C.CC(=O)c1cc(Br)ccc1F.CC(O)c1cc(Br)ccc1F.Cc1[nH]nc2ccc(-c3nnc(Br)s3)cc12.Cc1[nH]nc2ccc(-c3nnc(N)s3)cc12.Cc1[nH]nc2ccc(-c3nnc(NC[C@@H](N)Cc4ccccc4)s3)cc12.Cc1[nH]nc2ccc(Br)cc12.Cc1[nH]nc2ccc(C(=O)O)cc12.NC[C@@H](N)Cc1ccccc1.NNC(N)=S.O=Cc1cc(Br)ccc1F.O=P(Cl)(Cl)Cl.[2H]PC.[Br-].[CH3-].[Mg+2]. The maximum absolute atomic E-state index is 12.8. The molecule has 0 spiro atoms. The molecule has 18 rings (SSSR count). The minimum absolute atomic E-state index is 0. The van der Waals surface area contributed by atoms with Gasteiger partial charge in [0.2, 0.25) is 10.3 Å². The predicted molar refractivity (Wildman–Crippen MR) is 594 cm³/mol. The van der Waals surface area contributed by atoms with Crippen molar-refractivity contribution in [3.05, 3.63) is 315 Å². The molecule has 141 heavy (non-hydrogen) atoms. The zero-order valence-electron chi connectivity index (χ0n) is 77.0. The van der Waals surface area contributed by atoms with Crippen LogP contribution in [0.5, 0.6) is 0 Å². The van der Waals surface area contributed by atoms with Gasteiger partial charge >= 0.3 is 34.2 Å². The van der Waals surface area contributed by atoms with E-state index in [-0.39, 0.29) is 100 Å². The van der Waals surface area contributed by atoms with Crippen LogP contribution in [-0.4, -0.2) is 171 Å². The summed E-state index contributed by atoms with van der Waals surface area (Å²) in [7, 11) is 0.333. The molecule has 8 aromatic heterocycles. The molecule has 0 aliphatic carbocycles. The standard InChI is InChI=1S/C19H20N6S.C10H7BrN4S.C10H9N5S.C9H8N2O2.C9H14N2.C8H8BrFO.C8H6BrFO.C8H7BrN2.C7H4BrFO.CH5N3S.CH5P.CH4.CH3.BrH.Cl3OP.Mg/c1-12-16-10-14(7-8-17(16)23-22-12)18-24-25-19(26-18)21-11-15(20)9-13-5-3-2-4-6-13;2*1-5-7-4-6(2-3-8(7)13-12-5)9-14-15-10(11)16-9;1-5-7-4-6(9(12)13)2-3-8(7)11-10-5;10-7-9(11)6-8-4-2-1-3-5-8;2*1-5(11)7-4-6(9)2-3-8(7)10;1-5-7-4-6(9)2-3-8(7)11-10-5;8-6-1-2-7(9)5(3-6)4-10;2-1(5)4-3;1-2;;;;1-5(2,3)4;/h2-8,10,15H,9,11,20H2,1H3,(H,21,25)(H,22,23);2-4H,1H3,(H,12,13);2-4H,1H3,(H2,11,15)(H,12,13);2-4H,1H3,(H,10,11)(H,12,13);1-5,9H,6-7,10-11H2;2-5,11H,1H3;2-4H,1H3;2-4H,1H3,(H,10,11);1-4H;3H2,(H3,2,4,5);2H2,1H3;1H4;1H3;1H;;/q;;;;;;;;;;;;-1;;;+2/p-1/t15-;;;;9-;;;;;;;;;;;/m0...0.........../s1/i;;;;;;;;;;2D;;;;;. The number of halogens is 12. The Bertz CT molecular complexity index is 6930. The van der Waals surface area contributed by atoms with Gasteiger partial charge in [-0.15, -0.1) is 39.8 Å².